The minimum Gasteiger partial charge on any atom is -0.361 e. The van der Waals surface area contributed by atoms with Crippen LogP contribution < -0.4 is 10.2 Å². The van der Waals surface area contributed by atoms with Gasteiger partial charge in [0.1, 0.15) is 12.1 Å². The smallest absolute Gasteiger partial charge is 0.253 e. The first-order chi connectivity index (χ1) is 21.4. The summed E-state index contributed by atoms with van der Waals surface area (Å²) in [6, 6.07) is 24.3. The maximum atomic E-state index is 14.7. The van der Waals surface area contributed by atoms with Crippen LogP contribution >= 0.6 is 0 Å². The molecule has 2 fully saturated rings. The average molecular weight is 590 g/mol. The predicted octanol–water partition coefficient (Wildman–Crippen LogP) is 3.59. The molecule has 0 bridgehead atoms. The van der Waals surface area contributed by atoms with Crippen LogP contribution in [0.15, 0.2) is 85.1 Å². The van der Waals surface area contributed by atoms with E-state index in [2.05, 4.69) is 10.3 Å². The highest BCUT2D eigenvalue weighted by Crippen LogP contribution is 2.55. The third-order valence-corrected chi connectivity index (χ3v) is 9.67. The molecule has 4 atom stereocenters. The number of likely N-dealkylation sites (tertiary alicyclic amines) is 1. The topological polar surface area (TPSA) is 106 Å². The first kappa shape index (κ1) is 28.0. The second-order valence-corrected chi connectivity index (χ2v) is 11.8. The first-order valence-corrected chi connectivity index (χ1v) is 15.3. The molecule has 3 aliphatic rings. The number of aromatic nitrogens is 1. The number of amides is 4. The van der Waals surface area contributed by atoms with Crippen molar-refractivity contribution in [1.82, 2.24) is 20.1 Å². The van der Waals surface area contributed by atoms with Crippen LogP contribution in [0.3, 0.4) is 0 Å². The fourth-order valence-corrected chi connectivity index (χ4v) is 7.61. The summed E-state index contributed by atoms with van der Waals surface area (Å²) in [5.74, 6) is -2.87. The highest BCUT2D eigenvalue weighted by molar-refractivity contribution is 6.17. The molecule has 2 N–H and O–H groups in total. The van der Waals surface area contributed by atoms with Crippen LogP contribution in [0, 0.1) is 11.8 Å². The summed E-state index contributed by atoms with van der Waals surface area (Å²) in [6.07, 6.45) is 2.38. The number of fused-ring (bicyclic) bond motifs is 5. The van der Waals surface area contributed by atoms with Crippen LogP contribution in [0.4, 0.5) is 5.69 Å². The van der Waals surface area contributed by atoms with E-state index in [4.69, 9.17) is 0 Å². The number of anilines is 1. The Labute approximate surface area is 255 Å². The lowest BCUT2D eigenvalue weighted by Crippen LogP contribution is -2.56. The van der Waals surface area contributed by atoms with E-state index in [-0.39, 0.29) is 36.7 Å². The van der Waals surface area contributed by atoms with E-state index in [1.54, 1.807) is 4.90 Å². The monoisotopic (exact) mass is 589 g/mol. The van der Waals surface area contributed by atoms with Crippen LogP contribution in [0.2, 0.25) is 0 Å². The van der Waals surface area contributed by atoms with Gasteiger partial charge in [-0.3, -0.25) is 29.4 Å². The Bertz CT molecular complexity index is 1780. The van der Waals surface area contributed by atoms with Crippen molar-refractivity contribution in [2.24, 2.45) is 11.8 Å². The van der Waals surface area contributed by atoms with Crippen molar-refractivity contribution in [3.05, 3.63) is 102 Å². The lowest BCUT2D eigenvalue weighted by Gasteiger charge is -2.31. The van der Waals surface area contributed by atoms with E-state index < -0.39 is 23.4 Å². The van der Waals surface area contributed by atoms with Gasteiger partial charge in [-0.1, -0.05) is 66.7 Å². The molecule has 0 unspecified atom stereocenters. The number of H-pyrrole nitrogens is 1. The molecule has 9 heteroatoms. The Morgan fingerprint density at radius 2 is 1.57 bits per heavy atom. The minimum absolute atomic E-state index is 0.138. The summed E-state index contributed by atoms with van der Waals surface area (Å²) in [5, 5.41) is 4.62. The number of carbonyl (C=O) groups excluding carboxylic acids is 4. The molecule has 3 aromatic carbocycles. The molecule has 44 heavy (non-hydrogen) atoms. The van der Waals surface area contributed by atoms with Crippen molar-refractivity contribution >= 4 is 40.2 Å². The number of nitrogens with zero attached hydrogens (tertiary/aromatic N) is 3. The number of hydrogen-bond donors (Lipinski definition) is 2. The highest BCUT2D eigenvalue weighted by Gasteiger charge is 2.71. The fourth-order valence-electron chi connectivity index (χ4n) is 7.61. The van der Waals surface area contributed by atoms with Crippen molar-refractivity contribution < 1.29 is 19.2 Å². The number of imide groups is 1. The lowest BCUT2D eigenvalue weighted by molar-refractivity contribution is -0.143. The third-order valence-electron chi connectivity index (χ3n) is 9.67. The Morgan fingerprint density at radius 3 is 2.34 bits per heavy atom. The molecule has 9 nitrogen and oxygen atoms in total. The summed E-state index contributed by atoms with van der Waals surface area (Å²) < 4.78 is 0. The Hall–Kier alpha value is -4.76. The zero-order valence-corrected chi connectivity index (χ0v) is 24.8. The quantitative estimate of drug-likeness (QED) is 0.306. The summed E-state index contributed by atoms with van der Waals surface area (Å²) in [7, 11) is 0. The third kappa shape index (κ3) is 4.10. The van der Waals surface area contributed by atoms with Crippen molar-refractivity contribution in [3.8, 4) is 0 Å². The molecule has 7 rings (SSSR count). The Morgan fingerprint density at radius 1 is 0.864 bits per heavy atom. The van der Waals surface area contributed by atoms with Gasteiger partial charge < -0.3 is 14.8 Å². The standard InChI is InChI=1S/C35H35N5O4/c1-3-38(4-2)29(41)21-39-28-17-11-9-15-25(28)35(34(39)44)31-30(32(42)40(33(31)43)20-22-12-6-5-7-13-22)27(37-35)18-23-19-36-26-16-10-8-14-24(23)26/h5-17,19,27,30-31,36-37H,3-4,18,20-21H2,1-2H3/t27-,30+,31+,35-/m0/s1. The average Bonchev–Trinajstić information content (AvgIpc) is 3.74. The molecular weight excluding hydrogens is 554 g/mol. The molecule has 1 aromatic heterocycles. The molecular formula is C35H35N5O4. The molecule has 4 aromatic rings. The highest BCUT2D eigenvalue weighted by atomic mass is 16.2. The Kier molecular flexibility index (Phi) is 6.85. The lowest BCUT2D eigenvalue weighted by atomic mass is 9.76. The largest absolute Gasteiger partial charge is 0.361 e. The zero-order valence-electron chi connectivity index (χ0n) is 24.8. The molecule has 0 aliphatic carbocycles. The summed E-state index contributed by atoms with van der Waals surface area (Å²) in [6.45, 7) is 4.88. The van der Waals surface area contributed by atoms with Crippen molar-refractivity contribution in [1.29, 1.82) is 0 Å². The second kappa shape index (κ2) is 10.7. The number of para-hydroxylation sites is 2. The van der Waals surface area contributed by atoms with Crippen molar-refractivity contribution in [2.75, 3.05) is 24.5 Å². The number of nitrogens with one attached hydrogen (secondary N) is 2. The van der Waals surface area contributed by atoms with Crippen LogP contribution in [-0.4, -0.2) is 64.1 Å². The summed E-state index contributed by atoms with van der Waals surface area (Å²) >= 11 is 0. The van der Waals surface area contributed by atoms with Crippen LogP contribution in [0.1, 0.15) is 30.5 Å². The molecule has 224 valence electrons. The van der Waals surface area contributed by atoms with Gasteiger partial charge in [-0.05, 0) is 43.5 Å². The SMILES string of the molecule is CCN(CC)C(=O)CN1C(=O)[C@]2(N[C@@H](Cc3c[nH]c4ccccc34)[C@H]3C(=O)N(Cc4ccccc4)C(=O)[C@@H]32)c2ccccc21. The molecule has 2 saturated heterocycles. The number of carbonyl (C=O) groups is 4. The summed E-state index contributed by atoms with van der Waals surface area (Å²) in [5.41, 5.74) is 2.58. The second-order valence-electron chi connectivity index (χ2n) is 11.8. The maximum absolute atomic E-state index is 14.7. The van der Waals surface area contributed by atoms with Crippen LogP contribution in [0.5, 0.6) is 0 Å². The van der Waals surface area contributed by atoms with Crippen LogP contribution in [0.25, 0.3) is 10.9 Å². The zero-order chi connectivity index (χ0) is 30.6. The van der Waals surface area contributed by atoms with E-state index in [9.17, 15) is 19.2 Å². The van der Waals surface area contributed by atoms with E-state index in [0.717, 1.165) is 22.0 Å². The molecule has 4 heterocycles. The molecule has 3 aliphatic heterocycles. The van der Waals surface area contributed by atoms with Crippen molar-refractivity contribution in [3.63, 3.8) is 0 Å². The molecule has 1 spiro atoms. The van der Waals surface area contributed by atoms with Gasteiger partial charge in [-0.2, -0.15) is 0 Å². The van der Waals surface area contributed by atoms with Gasteiger partial charge in [0.05, 0.1) is 18.4 Å². The minimum atomic E-state index is -1.47. The van der Waals surface area contributed by atoms with E-state index in [1.807, 2.05) is 98.9 Å². The molecule has 4 amide bonds. The van der Waals surface area contributed by atoms with Gasteiger partial charge >= 0.3 is 0 Å². The fraction of sp³-hybridized carbons (Fsp3) is 0.314. The van der Waals surface area contributed by atoms with Crippen molar-refractivity contribution in [2.45, 2.75) is 38.4 Å². The number of hydrogen-bond acceptors (Lipinski definition) is 5. The Balaban J connectivity index is 1.33. The van der Waals surface area contributed by atoms with E-state index >= 15 is 0 Å². The number of benzene rings is 3. The maximum Gasteiger partial charge on any atom is 0.253 e. The van der Waals surface area contributed by atoms with Gasteiger partial charge in [0.25, 0.3) is 5.91 Å². The van der Waals surface area contributed by atoms with E-state index in [0.29, 0.717) is 30.8 Å². The van der Waals surface area contributed by atoms with Gasteiger partial charge in [0.2, 0.25) is 17.7 Å². The van der Waals surface area contributed by atoms with E-state index in [1.165, 1.54) is 9.80 Å². The summed E-state index contributed by atoms with van der Waals surface area (Å²) in [4.78, 5) is 64.6. The number of likely N-dealkylation sites (N-methyl/N-ethyl adjacent to an activating group) is 1. The van der Waals surface area contributed by atoms with Gasteiger partial charge in [0, 0.05) is 47.5 Å². The number of rotatable bonds is 8. The van der Waals surface area contributed by atoms with Crippen LogP contribution in [-0.2, 0) is 37.7 Å². The first-order valence-electron chi connectivity index (χ1n) is 15.3. The molecule has 0 radical (unpaired) electrons. The van der Waals surface area contributed by atoms with Gasteiger partial charge in [0.15, 0.2) is 0 Å². The van der Waals surface area contributed by atoms with Gasteiger partial charge in [-0.25, -0.2) is 0 Å². The number of aromatic amines is 1. The van der Waals surface area contributed by atoms with Gasteiger partial charge in [-0.15, -0.1) is 0 Å². The normalized spacial score (nSPS) is 24.0. The predicted molar refractivity (Wildman–Crippen MR) is 166 cm³/mol. The molecule has 0 saturated carbocycles.